The Kier molecular flexibility index (Phi) is 4.87. The molecule has 0 aliphatic rings. The van der Waals surface area contributed by atoms with E-state index in [4.69, 9.17) is 0 Å². The van der Waals surface area contributed by atoms with Crippen molar-refractivity contribution >= 4 is 11.8 Å². The van der Waals surface area contributed by atoms with Crippen LogP contribution in [0.4, 0.5) is 0 Å². The summed E-state index contributed by atoms with van der Waals surface area (Å²) in [6.07, 6.45) is 3.84. The lowest BCUT2D eigenvalue weighted by molar-refractivity contribution is 1.52. The predicted octanol–water partition coefficient (Wildman–Crippen LogP) is 2.83. The van der Waals surface area contributed by atoms with Gasteiger partial charge in [0.1, 0.15) is 0 Å². The molecule has 0 aromatic heterocycles. The van der Waals surface area contributed by atoms with E-state index < -0.39 is 0 Å². The smallest absolute Gasteiger partial charge is 0.00518 e. The first-order chi connectivity index (χ1) is 3.81. The van der Waals surface area contributed by atoms with Crippen molar-refractivity contribution in [3.63, 3.8) is 0 Å². The van der Waals surface area contributed by atoms with E-state index in [9.17, 15) is 0 Å². The molecule has 0 N–H and O–H groups in total. The summed E-state index contributed by atoms with van der Waals surface area (Å²) in [5, 5.41) is 0. The van der Waals surface area contributed by atoms with E-state index in [-0.39, 0.29) is 0 Å². The zero-order chi connectivity index (χ0) is 6.41. The van der Waals surface area contributed by atoms with Gasteiger partial charge in [-0.15, -0.1) is 11.8 Å². The summed E-state index contributed by atoms with van der Waals surface area (Å²) < 4.78 is 0. The predicted molar refractivity (Wildman–Crippen MR) is 42.1 cm³/mol. The highest BCUT2D eigenvalue weighted by atomic mass is 32.2. The zero-order valence-corrected chi connectivity index (χ0v) is 6.29. The molecule has 0 heterocycles. The van der Waals surface area contributed by atoms with Crippen LogP contribution in [0.1, 0.15) is 13.8 Å². The van der Waals surface area contributed by atoms with E-state index in [0.29, 0.717) is 0 Å². The highest BCUT2D eigenvalue weighted by molar-refractivity contribution is 8.03. The molecule has 0 saturated heterocycles. The van der Waals surface area contributed by atoms with Gasteiger partial charge in [-0.2, -0.15) is 0 Å². The first-order valence-electron chi connectivity index (χ1n) is 2.73. The third-order valence-electron chi connectivity index (χ3n) is 0.725. The van der Waals surface area contributed by atoms with Gasteiger partial charge in [-0.05, 0) is 17.6 Å². The Morgan fingerprint density at radius 2 is 2.38 bits per heavy atom. The van der Waals surface area contributed by atoms with Crippen molar-refractivity contribution in [2.75, 3.05) is 5.75 Å². The van der Waals surface area contributed by atoms with Gasteiger partial charge < -0.3 is 0 Å². The van der Waals surface area contributed by atoms with Crippen molar-refractivity contribution in [3.05, 3.63) is 23.6 Å². The summed E-state index contributed by atoms with van der Waals surface area (Å²) in [5.74, 6) is 1.15. The lowest BCUT2D eigenvalue weighted by Gasteiger charge is -1.91. The normalized spacial score (nSPS) is 11.5. The summed E-state index contributed by atoms with van der Waals surface area (Å²) >= 11 is 1.85. The minimum Gasteiger partial charge on any atom is -0.131 e. The third-order valence-corrected chi connectivity index (χ3v) is 1.60. The SMILES string of the molecule is C=C/C=C(\C)SCC. The van der Waals surface area contributed by atoms with Crippen LogP contribution >= 0.6 is 11.8 Å². The van der Waals surface area contributed by atoms with Gasteiger partial charge in [0.25, 0.3) is 0 Å². The second kappa shape index (κ2) is 4.98. The molecule has 0 radical (unpaired) electrons. The maximum atomic E-state index is 3.59. The third kappa shape index (κ3) is 4.00. The van der Waals surface area contributed by atoms with Crippen LogP contribution in [-0.2, 0) is 0 Å². The topological polar surface area (TPSA) is 0 Å². The number of thioether (sulfide) groups is 1. The quantitative estimate of drug-likeness (QED) is 0.527. The van der Waals surface area contributed by atoms with E-state index >= 15 is 0 Å². The van der Waals surface area contributed by atoms with E-state index in [0.717, 1.165) is 5.75 Å². The molecule has 0 aliphatic carbocycles. The molecule has 0 nitrogen and oxygen atoms in total. The Morgan fingerprint density at radius 1 is 1.75 bits per heavy atom. The largest absolute Gasteiger partial charge is 0.131 e. The molecular formula is C7H12S. The summed E-state index contributed by atoms with van der Waals surface area (Å²) in [5.41, 5.74) is 0. The van der Waals surface area contributed by atoms with Crippen molar-refractivity contribution in [1.82, 2.24) is 0 Å². The van der Waals surface area contributed by atoms with Crippen molar-refractivity contribution in [2.24, 2.45) is 0 Å². The van der Waals surface area contributed by atoms with Gasteiger partial charge in [0.05, 0.1) is 0 Å². The second-order valence-corrected chi connectivity index (χ2v) is 2.96. The Balaban J connectivity index is 3.44. The summed E-state index contributed by atoms with van der Waals surface area (Å²) in [6, 6.07) is 0. The van der Waals surface area contributed by atoms with Crippen molar-refractivity contribution in [3.8, 4) is 0 Å². The molecule has 0 rings (SSSR count). The molecule has 0 fully saturated rings. The first kappa shape index (κ1) is 7.83. The van der Waals surface area contributed by atoms with Gasteiger partial charge in [0.15, 0.2) is 0 Å². The lowest BCUT2D eigenvalue weighted by atomic mass is 10.5. The number of hydrogen-bond donors (Lipinski definition) is 0. The monoisotopic (exact) mass is 128 g/mol. The molecule has 1 heteroatoms. The summed E-state index contributed by atoms with van der Waals surface area (Å²) in [7, 11) is 0. The number of allylic oxidation sites excluding steroid dienone is 3. The second-order valence-electron chi connectivity index (χ2n) is 1.45. The van der Waals surface area contributed by atoms with Gasteiger partial charge in [0.2, 0.25) is 0 Å². The van der Waals surface area contributed by atoms with Crippen molar-refractivity contribution in [2.45, 2.75) is 13.8 Å². The minimum atomic E-state index is 1.15. The molecule has 0 aromatic rings. The molecule has 8 heavy (non-hydrogen) atoms. The van der Waals surface area contributed by atoms with E-state index in [1.807, 2.05) is 23.9 Å². The Labute approximate surface area is 55.7 Å². The highest BCUT2D eigenvalue weighted by Crippen LogP contribution is 2.12. The molecule has 46 valence electrons. The van der Waals surface area contributed by atoms with Crippen LogP contribution in [0.25, 0.3) is 0 Å². The van der Waals surface area contributed by atoms with Gasteiger partial charge in [-0.1, -0.05) is 25.7 Å². The maximum Gasteiger partial charge on any atom is -0.00518 e. The van der Waals surface area contributed by atoms with Gasteiger partial charge in [-0.25, -0.2) is 0 Å². The Hall–Kier alpha value is -0.170. The fraction of sp³-hybridized carbons (Fsp3) is 0.429. The molecule has 0 amide bonds. The average molecular weight is 128 g/mol. The molecule has 0 unspecified atom stereocenters. The average Bonchev–Trinajstić information content (AvgIpc) is 1.68. The van der Waals surface area contributed by atoms with Crippen LogP contribution in [-0.4, -0.2) is 5.75 Å². The molecule has 0 atom stereocenters. The summed E-state index contributed by atoms with van der Waals surface area (Å²) in [4.78, 5) is 1.34. The van der Waals surface area contributed by atoms with Crippen molar-refractivity contribution in [1.29, 1.82) is 0 Å². The van der Waals surface area contributed by atoms with Crippen LogP contribution in [0, 0.1) is 0 Å². The van der Waals surface area contributed by atoms with E-state index in [1.54, 1.807) is 0 Å². The molecule has 0 saturated carbocycles. The Bertz CT molecular complexity index is 92.6. The van der Waals surface area contributed by atoms with Gasteiger partial charge in [0, 0.05) is 0 Å². The van der Waals surface area contributed by atoms with Crippen LogP contribution in [0.2, 0.25) is 0 Å². The molecule has 0 aliphatic heterocycles. The fourth-order valence-electron chi connectivity index (χ4n) is 0.442. The fourth-order valence-corrected chi connectivity index (χ4v) is 1.09. The van der Waals surface area contributed by atoms with Gasteiger partial charge >= 0.3 is 0 Å². The highest BCUT2D eigenvalue weighted by Gasteiger charge is 1.81. The standard InChI is InChI=1S/C7H12S/c1-4-6-7(3)8-5-2/h4,6H,1,5H2,2-3H3/b7-6+. The lowest BCUT2D eigenvalue weighted by Crippen LogP contribution is -1.66. The summed E-state index contributed by atoms with van der Waals surface area (Å²) in [6.45, 7) is 7.83. The minimum absolute atomic E-state index is 1.15. The van der Waals surface area contributed by atoms with Crippen LogP contribution in [0.5, 0.6) is 0 Å². The molecule has 0 bridgehead atoms. The first-order valence-corrected chi connectivity index (χ1v) is 3.72. The molecule has 0 spiro atoms. The Morgan fingerprint density at radius 3 is 2.75 bits per heavy atom. The number of rotatable bonds is 3. The van der Waals surface area contributed by atoms with Crippen LogP contribution in [0.3, 0.4) is 0 Å². The molecule has 0 aromatic carbocycles. The zero-order valence-electron chi connectivity index (χ0n) is 5.48. The van der Waals surface area contributed by atoms with Crippen LogP contribution in [0.15, 0.2) is 23.6 Å². The van der Waals surface area contributed by atoms with Crippen LogP contribution < -0.4 is 0 Å². The van der Waals surface area contributed by atoms with Crippen molar-refractivity contribution < 1.29 is 0 Å². The number of hydrogen-bond acceptors (Lipinski definition) is 1. The molecular weight excluding hydrogens is 116 g/mol. The maximum absolute atomic E-state index is 3.59. The van der Waals surface area contributed by atoms with E-state index in [1.165, 1.54) is 4.91 Å². The van der Waals surface area contributed by atoms with E-state index in [2.05, 4.69) is 20.4 Å². The van der Waals surface area contributed by atoms with Gasteiger partial charge in [-0.3, -0.25) is 0 Å².